The van der Waals surface area contributed by atoms with Gasteiger partial charge in [0.15, 0.2) is 12.4 Å². The van der Waals surface area contributed by atoms with E-state index in [0.29, 0.717) is 24.0 Å². The molecule has 3 aromatic rings. The fraction of sp³-hybridized carbons (Fsp3) is 0.188. The van der Waals surface area contributed by atoms with E-state index in [1.807, 2.05) is 6.92 Å². The van der Waals surface area contributed by atoms with E-state index < -0.39 is 0 Å². The largest absolute Gasteiger partial charge is 0.494 e. The molecule has 128 valence electrons. The van der Waals surface area contributed by atoms with Gasteiger partial charge in [-0.1, -0.05) is 0 Å². The zero-order chi connectivity index (χ0) is 17.5. The first-order valence-electron chi connectivity index (χ1n) is 7.57. The molecule has 0 fully saturated rings. The molecule has 9 nitrogen and oxygen atoms in total. The molecule has 0 bridgehead atoms. The maximum atomic E-state index is 12.0. The first-order chi connectivity index (χ1) is 12.2. The summed E-state index contributed by atoms with van der Waals surface area (Å²) in [4.78, 5) is 23.9. The highest BCUT2D eigenvalue weighted by atomic mass is 16.5. The number of carbonyl (C=O) groups is 1. The number of amides is 1. The predicted octanol–water partition coefficient (Wildman–Crippen LogP) is 1.47. The van der Waals surface area contributed by atoms with Crippen LogP contribution in [0, 0.1) is 0 Å². The van der Waals surface area contributed by atoms with Crippen molar-refractivity contribution in [3.8, 4) is 17.3 Å². The van der Waals surface area contributed by atoms with Crippen LogP contribution in [0.2, 0.25) is 0 Å². The van der Waals surface area contributed by atoms with Crippen LogP contribution in [0.5, 0.6) is 11.5 Å². The van der Waals surface area contributed by atoms with Gasteiger partial charge in [0.1, 0.15) is 36.3 Å². The summed E-state index contributed by atoms with van der Waals surface area (Å²) in [5.41, 5.74) is 0. The molecule has 0 aliphatic rings. The van der Waals surface area contributed by atoms with Gasteiger partial charge in [0, 0.05) is 6.07 Å². The van der Waals surface area contributed by atoms with Crippen LogP contribution < -0.4 is 14.8 Å². The Morgan fingerprint density at radius 1 is 1.12 bits per heavy atom. The predicted molar refractivity (Wildman–Crippen MR) is 88.7 cm³/mol. The van der Waals surface area contributed by atoms with Crippen LogP contribution in [-0.4, -0.2) is 43.9 Å². The summed E-state index contributed by atoms with van der Waals surface area (Å²) in [5.74, 6) is 1.83. The Morgan fingerprint density at radius 3 is 2.56 bits per heavy atom. The fourth-order valence-electron chi connectivity index (χ4n) is 1.99. The van der Waals surface area contributed by atoms with Crippen LogP contribution in [0.4, 0.5) is 5.82 Å². The van der Waals surface area contributed by atoms with Crippen LogP contribution >= 0.6 is 0 Å². The van der Waals surface area contributed by atoms with Gasteiger partial charge in [0.05, 0.1) is 6.61 Å². The zero-order valence-corrected chi connectivity index (χ0v) is 13.5. The Bertz CT molecular complexity index is 820. The molecule has 0 spiro atoms. The van der Waals surface area contributed by atoms with E-state index in [-0.39, 0.29) is 12.5 Å². The van der Waals surface area contributed by atoms with Crippen molar-refractivity contribution < 1.29 is 14.3 Å². The van der Waals surface area contributed by atoms with Gasteiger partial charge in [-0.25, -0.2) is 19.6 Å². The van der Waals surface area contributed by atoms with Crippen molar-refractivity contribution in [1.82, 2.24) is 24.7 Å². The molecule has 25 heavy (non-hydrogen) atoms. The number of anilines is 1. The molecular formula is C16H16N6O3. The molecule has 3 rings (SSSR count). The number of ether oxygens (including phenoxy) is 2. The van der Waals surface area contributed by atoms with Crippen LogP contribution in [0.3, 0.4) is 0 Å². The quantitative estimate of drug-likeness (QED) is 0.694. The van der Waals surface area contributed by atoms with E-state index in [0.717, 1.165) is 5.75 Å². The van der Waals surface area contributed by atoms with Gasteiger partial charge in [0.2, 0.25) is 0 Å². The Balaban J connectivity index is 1.55. The van der Waals surface area contributed by atoms with Crippen molar-refractivity contribution in [3.05, 3.63) is 49.3 Å². The monoisotopic (exact) mass is 340 g/mol. The highest BCUT2D eigenvalue weighted by Gasteiger charge is 2.07. The van der Waals surface area contributed by atoms with E-state index >= 15 is 0 Å². The Morgan fingerprint density at radius 2 is 1.88 bits per heavy atom. The van der Waals surface area contributed by atoms with E-state index in [4.69, 9.17) is 9.47 Å². The third kappa shape index (κ3) is 4.50. The molecule has 2 heterocycles. The normalized spacial score (nSPS) is 10.3. The number of aromatic nitrogens is 5. The van der Waals surface area contributed by atoms with Gasteiger partial charge >= 0.3 is 0 Å². The van der Waals surface area contributed by atoms with Crippen molar-refractivity contribution in [3.63, 3.8) is 0 Å². The first kappa shape index (κ1) is 16.4. The summed E-state index contributed by atoms with van der Waals surface area (Å²) in [6, 6.07) is 8.64. The van der Waals surface area contributed by atoms with Crippen LogP contribution in [0.15, 0.2) is 49.3 Å². The number of hydrogen-bond donors (Lipinski definition) is 1. The van der Waals surface area contributed by atoms with Gasteiger partial charge < -0.3 is 14.8 Å². The second-order valence-electron chi connectivity index (χ2n) is 4.84. The second-order valence-corrected chi connectivity index (χ2v) is 4.84. The SMILES string of the molecule is CCOc1ccc(OCC(=O)Nc2cc(-n3cncn3)ncn2)cc1. The lowest BCUT2D eigenvalue weighted by Crippen LogP contribution is -2.21. The van der Waals surface area contributed by atoms with Crippen LogP contribution in [0.25, 0.3) is 5.82 Å². The van der Waals surface area contributed by atoms with Gasteiger partial charge in [0.25, 0.3) is 5.91 Å². The minimum Gasteiger partial charge on any atom is -0.494 e. The van der Waals surface area contributed by atoms with Crippen molar-refractivity contribution in [1.29, 1.82) is 0 Å². The third-order valence-electron chi connectivity index (χ3n) is 3.08. The summed E-state index contributed by atoms with van der Waals surface area (Å²) in [6.07, 6.45) is 4.23. The first-order valence-corrected chi connectivity index (χ1v) is 7.57. The topological polar surface area (TPSA) is 104 Å². The van der Waals surface area contributed by atoms with E-state index in [1.54, 1.807) is 30.3 Å². The molecule has 1 N–H and O–H groups in total. The van der Waals surface area contributed by atoms with E-state index in [1.165, 1.54) is 23.7 Å². The minimum absolute atomic E-state index is 0.142. The highest BCUT2D eigenvalue weighted by Crippen LogP contribution is 2.17. The summed E-state index contributed by atoms with van der Waals surface area (Å²) >= 11 is 0. The summed E-state index contributed by atoms with van der Waals surface area (Å²) in [7, 11) is 0. The number of benzene rings is 1. The number of hydrogen-bond acceptors (Lipinski definition) is 7. The number of nitrogens with zero attached hydrogens (tertiary/aromatic N) is 5. The summed E-state index contributed by atoms with van der Waals surface area (Å²) in [5, 5.41) is 6.62. The average molecular weight is 340 g/mol. The molecule has 0 aliphatic heterocycles. The lowest BCUT2D eigenvalue weighted by Gasteiger charge is -2.08. The maximum absolute atomic E-state index is 12.0. The highest BCUT2D eigenvalue weighted by molar-refractivity contribution is 5.91. The Hall–Kier alpha value is -3.49. The van der Waals surface area contributed by atoms with E-state index in [2.05, 4.69) is 25.4 Å². The molecule has 0 radical (unpaired) electrons. The molecule has 2 aromatic heterocycles. The van der Waals surface area contributed by atoms with Crippen molar-refractivity contribution in [2.45, 2.75) is 6.92 Å². The van der Waals surface area contributed by atoms with Gasteiger partial charge in [-0.3, -0.25) is 4.79 Å². The summed E-state index contributed by atoms with van der Waals surface area (Å²) in [6.45, 7) is 2.37. The molecule has 1 aromatic carbocycles. The van der Waals surface area contributed by atoms with Gasteiger partial charge in [-0.05, 0) is 31.2 Å². The average Bonchev–Trinajstić information content (AvgIpc) is 3.16. The smallest absolute Gasteiger partial charge is 0.263 e. The molecule has 9 heteroatoms. The lowest BCUT2D eigenvalue weighted by molar-refractivity contribution is -0.118. The number of rotatable bonds is 7. The molecule has 0 atom stereocenters. The van der Waals surface area contributed by atoms with Crippen LogP contribution in [0.1, 0.15) is 6.92 Å². The van der Waals surface area contributed by atoms with E-state index in [9.17, 15) is 4.79 Å². The Kier molecular flexibility index (Phi) is 5.15. The summed E-state index contributed by atoms with van der Waals surface area (Å²) < 4.78 is 12.2. The van der Waals surface area contributed by atoms with Gasteiger partial charge in [-0.2, -0.15) is 5.10 Å². The van der Waals surface area contributed by atoms with Crippen molar-refractivity contribution in [2.75, 3.05) is 18.5 Å². The Labute approximate surface area is 143 Å². The van der Waals surface area contributed by atoms with Gasteiger partial charge in [-0.15, -0.1) is 0 Å². The molecule has 0 unspecified atom stereocenters. The molecule has 0 saturated carbocycles. The minimum atomic E-state index is -0.336. The third-order valence-corrected chi connectivity index (χ3v) is 3.08. The zero-order valence-electron chi connectivity index (χ0n) is 13.5. The molecule has 0 saturated heterocycles. The lowest BCUT2D eigenvalue weighted by atomic mass is 10.3. The molecular weight excluding hydrogens is 324 g/mol. The molecule has 1 amide bonds. The maximum Gasteiger partial charge on any atom is 0.263 e. The van der Waals surface area contributed by atoms with Crippen molar-refractivity contribution in [2.24, 2.45) is 0 Å². The second kappa shape index (κ2) is 7.86. The van der Waals surface area contributed by atoms with Crippen LogP contribution in [-0.2, 0) is 4.79 Å². The standard InChI is InChI=1S/C16H16N6O3/c1-2-24-12-3-5-13(6-4-12)25-8-16(23)21-14-7-15(19-10-18-14)22-11-17-9-20-22/h3-7,9-11H,2,8H2,1H3,(H,18,19,21,23). The fourth-order valence-corrected chi connectivity index (χ4v) is 1.99. The number of nitrogens with one attached hydrogen (secondary N) is 1. The number of carbonyl (C=O) groups excluding carboxylic acids is 1. The molecule has 0 aliphatic carbocycles. The van der Waals surface area contributed by atoms with Crippen molar-refractivity contribution >= 4 is 11.7 Å².